The molecule has 0 aliphatic heterocycles. The molecular formula is C12H15BrClF. The van der Waals surface area contributed by atoms with Gasteiger partial charge in [-0.15, -0.1) is 11.6 Å². The molecule has 0 bridgehead atoms. The van der Waals surface area contributed by atoms with Crippen LogP contribution < -0.4 is 0 Å². The second-order valence-corrected chi connectivity index (χ2v) is 4.83. The quantitative estimate of drug-likeness (QED) is 0.685. The maximum atomic E-state index is 13.2. The fourth-order valence-corrected chi connectivity index (χ4v) is 2.35. The first-order valence-electron chi connectivity index (χ1n) is 5.17. The Morgan fingerprint density at radius 1 is 1.47 bits per heavy atom. The summed E-state index contributed by atoms with van der Waals surface area (Å²) in [6.45, 7) is 2.14. The zero-order valence-corrected chi connectivity index (χ0v) is 11.1. The zero-order valence-electron chi connectivity index (χ0n) is 8.77. The van der Waals surface area contributed by atoms with Crippen molar-refractivity contribution in [3.05, 3.63) is 34.1 Å². The highest BCUT2D eigenvalue weighted by Gasteiger charge is 2.11. The predicted molar refractivity (Wildman–Crippen MR) is 66.9 cm³/mol. The summed E-state index contributed by atoms with van der Waals surface area (Å²) in [6, 6.07) is 5.15. The Morgan fingerprint density at radius 3 is 2.80 bits per heavy atom. The summed E-state index contributed by atoms with van der Waals surface area (Å²) < 4.78 is 13.8. The molecule has 0 N–H and O–H groups in total. The Bertz CT molecular complexity index is 314. The van der Waals surface area contributed by atoms with Crippen LogP contribution in [0.25, 0.3) is 0 Å². The highest BCUT2D eigenvalue weighted by atomic mass is 79.9. The molecule has 1 atom stereocenters. The van der Waals surface area contributed by atoms with E-state index in [2.05, 4.69) is 22.9 Å². The first-order chi connectivity index (χ1) is 7.19. The SMILES string of the molecule is CCCC(CCl)Cc1cccc(F)c1Br. The number of rotatable bonds is 5. The molecule has 3 heteroatoms. The summed E-state index contributed by atoms with van der Waals surface area (Å²) in [6.07, 6.45) is 3.05. The largest absolute Gasteiger partial charge is 0.206 e. The third-order valence-corrected chi connectivity index (χ3v) is 3.78. The predicted octanol–water partition coefficient (Wildman–Crippen LogP) is 4.79. The molecule has 0 saturated carbocycles. The van der Waals surface area contributed by atoms with Gasteiger partial charge in [0.15, 0.2) is 0 Å². The maximum Gasteiger partial charge on any atom is 0.137 e. The molecule has 0 saturated heterocycles. The van der Waals surface area contributed by atoms with E-state index in [9.17, 15) is 4.39 Å². The van der Waals surface area contributed by atoms with Crippen molar-refractivity contribution in [1.29, 1.82) is 0 Å². The normalized spacial score (nSPS) is 12.8. The van der Waals surface area contributed by atoms with Crippen molar-refractivity contribution in [1.82, 2.24) is 0 Å². The lowest BCUT2D eigenvalue weighted by Crippen LogP contribution is -2.07. The summed E-state index contributed by atoms with van der Waals surface area (Å²) >= 11 is 9.15. The maximum absolute atomic E-state index is 13.2. The van der Waals surface area contributed by atoms with Crippen LogP contribution >= 0.6 is 27.5 Å². The standard InChI is InChI=1S/C12H15BrClF/c1-2-4-9(8-14)7-10-5-3-6-11(15)12(10)13/h3,5-6,9H,2,4,7-8H2,1H3. The van der Waals surface area contributed by atoms with E-state index in [1.54, 1.807) is 6.07 Å². The fraction of sp³-hybridized carbons (Fsp3) is 0.500. The van der Waals surface area contributed by atoms with Gasteiger partial charge in [-0.3, -0.25) is 0 Å². The summed E-state index contributed by atoms with van der Waals surface area (Å²) in [5, 5.41) is 0. The van der Waals surface area contributed by atoms with Crippen molar-refractivity contribution >= 4 is 27.5 Å². The fourth-order valence-electron chi connectivity index (χ4n) is 1.66. The molecule has 0 aliphatic rings. The van der Waals surface area contributed by atoms with Gasteiger partial charge in [-0.05, 0) is 46.3 Å². The van der Waals surface area contributed by atoms with Crippen molar-refractivity contribution in [2.24, 2.45) is 5.92 Å². The van der Waals surface area contributed by atoms with E-state index in [-0.39, 0.29) is 5.82 Å². The summed E-state index contributed by atoms with van der Waals surface area (Å²) in [4.78, 5) is 0. The number of benzene rings is 1. The van der Waals surface area contributed by atoms with Crippen molar-refractivity contribution in [2.45, 2.75) is 26.2 Å². The van der Waals surface area contributed by atoms with Crippen LogP contribution in [-0.4, -0.2) is 5.88 Å². The molecule has 1 aromatic carbocycles. The van der Waals surface area contributed by atoms with Gasteiger partial charge in [-0.2, -0.15) is 0 Å². The molecule has 1 aromatic rings. The van der Waals surface area contributed by atoms with Crippen LogP contribution in [0.4, 0.5) is 4.39 Å². The smallest absolute Gasteiger partial charge is 0.137 e. The molecule has 1 rings (SSSR count). The molecular weight excluding hydrogens is 278 g/mol. The average Bonchev–Trinajstić information content (AvgIpc) is 2.24. The van der Waals surface area contributed by atoms with Gasteiger partial charge in [0.05, 0.1) is 4.47 Å². The lowest BCUT2D eigenvalue weighted by atomic mass is 9.97. The first kappa shape index (κ1) is 13.0. The van der Waals surface area contributed by atoms with Gasteiger partial charge >= 0.3 is 0 Å². The zero-order chi connectivity index (χ0) is 11.3. The minimum atomic E-state index is -0.197. The molecule has 0 amide bonds. The van der Waals surface area contributed by atoms with Crippen LogP contribution in [0.3, 0.4) is 0 Å². The van der Waals surface area contributed by atoms with Gasteiger partial charge in [-0.1, -0.05) is 25.5 Å². The Kier molecular flexibility index (Phi) is 5.62. The Balaban J connectivity index is 2.74. The van der Waals surface area contributed by atoms with Crippen molar-refractivity contribution in [2.75, 3.05) is 5.88 Å². The topological polar surface area (TPSA) is 0 Å². The highest BCUT2D eigenvalue weighted by Crippen LogP contribution is 2.25. The van der Waals surface area contributed by atoms with Crippen molar-refractivity contribution in [3.8, 4) is 0 Å². The third-order valence-electron chi connectivity index (χ3n) is 2.46. The van der Waals surface area contributed by atoms with Gasteiger partial charge in [0, 0.05) is 5.88 Å². The van der Waals surface area contributed by atoms with Gasteiger partial charge in [0.2, 0.25) is 0 Å². The molecule has 0 aliphatic carbocycles. The van der Waals surface area contributed by atoms with E-state index in [1.165, 1.54) is 6.07 Å². The molecule has 0 nitrogen and oxygen atoms in total. The second kappa shape index (κ2) is 6.49. The van der Waals surface area contributed by atoms with Crippen LogP contribution in [0.2, 0.25) is 0 Å². The number of hydrogen-bond donors (Lipinski definition) is 0. The Morgan fingerprint density at radius 2 is 2.20 bits per heavy atom. The summed E-state index contributed by atoms with van der Waals surface area (Å²) in [5.74, 6) is 0.878. The van der Waals surface area contributed by atoms with Gasteiger partial charge in [-0.25, -0.2) is 4.39 Å². The molecule has 0 fully saturated rings. The van der Waals surface area contributed by atoms with E-state index < -0.39 is 0 Å². The lowest BCUT2D eigenvalue weighted by molar-refractivity contribution is 0.524. The van der Waals surface area contributed by atoms with Gasteiger partial charge in [0.25, 0.3) is 0 Å². The summed E-state index contributed by atoms with van der Waals surface area (Å²) in [5.41, 5.74) is 1.01. The molecule has 15 heavy (non-hydrogen) atoms. The van der Waals surface area contributed by atoms with Gasteiger partial charge < -0.3 is 0 Å². The minimum absolute atomic E-state index is 0.197. The van der Waals surface area contributed by atoms with Gasteiger partial charge in [0.1, 0.15) is 5.82 Å². The molecule has 0 aromatic heterocycles. The van der Waals surface area contributed by atoms with Crippen LogP contribution in [-0.2, 0) is 6.42 Å². The number of alkyl halides is 1. The van der Waals surface area contributed by atoms with Crippen molar-refractivity contribution < 1.29 is 4.39 Å². The minimum Gasteiger partial charge on any atom is -0.206 e. The van der Waals surface area contributed by atoms with Crippen LogP contribution in [0.15, 0.2) is 22.7 Å². The van der Waals surface area contributed by atoms with Crippen LogP contribution in [0, 0.1) is 11.7 Å². The average molecular weight is 294 g/mol. The molecule has 1 unspecified atom stereocenters. The number of halogens is 3. The molecule has 0 heterocycles. The van der Waals surface area contributed by atoms with E-state index >= 15 is 0 Å². The number of hydrogen-bond acceptors (Lipinski definition) is 0. The highest BCUT2D eigenvalue weighted by molar-refractivity contribution is 9.10. The first-order valence-corrected chi connectivity index (χ1v) is 6.50. The Hall–Kier alpha value is -0.0800. The third kappa shape index (κ3) is 3.76. The molecule has 84 valence electrons. The lowest BCUT2D eigenvalue weighted by Gasteiger charge is -2.13. The summed E-state index contributed by atoms with van der Waals surface area (Å²) in [7, 11) is 0. The van der Waals surface area contributed by atoms with Crippen LogP contribution in [0.1, 0.15) is 25.3 Å². The van der Waals surface area contributed by atoms with E-state index in [0.717, 1.165) is 24.8 Å². The Labute approximate surface area is 104 Å². The second-order valence-electron chi connectivity index (χ2n) is 3.73. The van der Waals surface area contributed by atoms with E-state index in [0.29, 0.717) is 16.3 Å². The molecule has 0 spiro atoms. The molecule has 0 radical (unpaired) electrons. The van der Waals surface area contributed by atoms with E-state index in [1.807, 2.05) is 6.07 Å². The van der Waals surface area contributed by atoms with Crippen molar-refractivity contribution in [3.63, 3.8) is 0 Å². The monoisotopic (exact) mass is 292 g/mol. The van der Waals surface area contributed by atoms with E-state index in [4.69, 9.17) is 11.6 Å². The van der Waals surface area contributed by atoms with Crippen LogP contribution in [0.5, 0.6) is 0 Å².